The van der Waals surface area contributed by atoms with Crippen LogP contribution in [-0.2, 0) is 0 Å². The molecule has 2 N–H and O–H groups in total. The van der Waals surface area contributed by atoms with Crippen LogP contribution in [0.2, 0.25) is 0 Å². The summed E-state index contributed by atoms with van der Waals surface area (Å²) in [5.41, 5.74) is 8.57. The van der Waals surface area contributed by atoms with Crippen LogP contribution in [-0.4, -0.2) is 38.1 Å². The molecule has 2 rings (SSSR count). The number of rotatable bonds is 5. The van der Waals surface area contributed by atoms with Crippen molar-refractivity contribution in [2.24, 2.45) is 5.73 Å². The Labute approximate surface area is 117 Å². The van der Waals surface area contributed by atoms with Gasteiger partial charge in [0.1, 0.15) is 0 Å². The van der Waals surface area contributed by atoms with Gasteiger partial charge in [0.15, 0.2) is 0 Å². The largest absolute Gasteiger partial charge is 0.373 e. The van der Waals surface area contributed by atoms with Crippen LogP contribution in [0.15, 0.2) is 24.3 Å². The summed E-state index contributed by atoms with van der Waals surface area (Å²) < 4.78 is 0. The molecule has 1 heterocycles. The molecule has 2 atom stereocenters. The molecule has 0 saturated carbocycles. The zero-order chi connectivity index (χ0) is 13.8. The molecule has 0 bridgehead atoms. The first-order valence-electron chi connectivity index (χ1n) is 7.38. The summed E-state index contributed by atoms with van der Waals surface area (Å²) in [6.07, 6.45) is 3.64. The number of hydrogen-bond donors (Lipinski definition) is 1. The molecule has 1 aliphatic heterocycles. The second kappa shape index (κ2) is 6.40. The number of anilines is 1. The summed E-state index contributed by atoms with van der Waals surface area (Å²) in [7, 11) is 4.41. The molecule has 1 fully saturated rings. The van der Waals surface area contributed by atoms with Crippen molar-refractivity contribution in [2.45, 2.75) is 38.3 Å². The lowest BCUT2D eigenvalue weighted by atomic mass is 10.0. The van der Waals surface area contributed by atoms with Crippen molar-refractivity contribution in [3.8, 4) is 0 Å². The Kier molecular flexibility index (Phi) is 4.83. The minimum absolute atomic E-state index is 0.167. The molecule has 1 unspecified atom stereocenters. The Balaban J connectivity index is 1.97. The smallest absolute Gasteiger partial charge is 0.0364 e. The van der Waals surface area contributed by atoms with Crippen LogP contribution < -0.4 is 10.6 Å². The number of nitrogens with zero attached hydrogens (tertiary/aromatic N) is 2. The Bertz CT molecular complexity index is 387. The van der Waals surface area contributed by atoms with Gasteiger partial charge in [0, 0.05) is 31.4 Å². The van der Waals surface area contributed by atoms with E-state index in [1.54, 1.807) is 0 Å². The fourth-order valence-electron chi connectivity index (χ4n) is 2.84. The highest BCUT2D eigenvalue weighted by atomic mass is 15.2. The van der Waals surface area contributed by atoms with Crippen LogP contribution in [0.25, 0.3) is 0 Å². The Morgan fingerprint density at radius 1 is 1.37 bits per heavy atom. The molecule has 0 aromatic heterocycles. The van der Waals surface area contributed by atoms with Gasteiger partial charge in [-0.05, 0) is 50.6 Å². The predicted molar refractivity (Wildman–Crippen MR) is 82.6 cm³/mol. The summed E-state index contributed by atoms with van der Waals surface area (Å²) >= 11 is 0. The van der Waals surface area contributed by atoms with Gasteiger partial charge in [-0.3, -0.25) is 0 Å². The van der Waals surface area contributed by atoms with Crippen LogP contribution in [0.4, 0.5) is 5.69 Å². The van der Waals surface area contributed by atoms with Crippen molar-refractivity contribution < 1.29 is 0 Å². The third-order valence-corrected chi connectivity index (χ3v) is 4.36. The first kappa shape index (κ1) is 14.4. The van der Waals surface area contributed by atoms with E-state index in [4.69, 9.17) is 5.73 Å². The minimum atomic E-state index is 0.167. The van der Waals surface area contributed by atoms with E-state index in [0.717, 1.165) is 13.0 Å². The molecule has 1 aliphatic rings. The number of hydrogen-bond acceptors (Lipinski definition) is 3. The van der Waals surface area contributed by atoms with Crippen molar-refractivity contribution in [3.63, 3.8) is 0 Å². The standard InChI is InChI=1S/C16H27N3/c1-4-16(17)13-7-9-14(10-8-13)19(3)12-15-6-5-11-18(15)2/h7-10,15-16H,4-6,11-12,17H2,1-3H3/t15?,16-/m0/s1. The third-order valence-electron chi connectivity index (χ3n) is 4.36. The summed E-state index contributed by atoms with van der Waals surface area (Å²) in [5, 5.41) is 0. The lowest BCUT2D eigenvalue weighted by Gasteiger charge is -2.27. The molecule has 1 aromatic carbocycles. The van der Waals surface area contributed by atoms with E-state index in [0.29, 0.717) is 6.04 Å². The minimum Gasteiger partial charge on any atom is -0.373 e. The first-order valence-corrected chi connectivity index (χ1v) is 7.38. The van der Waals surface area contributed by atoms with Crippen molar-refractivity contribution in [3.05, 3.63) is 29.8 Å². The van der Waals surface area contributed by atoms with Gasteiger partial charge in [0.25, 0.3) is 0 Å². The number of likely N-dealkylation sites (tertiary alicyclic amines) is 1. The van der Waals surface area contributed by atoms with E-state index in [1.807, 2.05) is 0 Å². The van der Waals surface area contributed by atoms with Crippen LogP contribution in [0.3, 0.4) is 0 Å². The van der Waals surface area contributed by atoms with Gasteiger partial charge in [-0.2, -0.15) is 0 Å². The van der Waals surface area contributed by atoms with Crippen molar-refractivity contribution in [1.82, 2.24) is 4.90 Å². The van der Waals surface area contributed by atoms with Crippen LogP contribution in [0.5, 0.6) is 0 Å². The average molecular weight is 261 g/mol. The van der Waals surface area contributed by atoms with Crippen molar-refractivity contribution in [1.29, 1.82) is 0 Å². The van der Waals surface area contributed by atoms with E-state index < -0.39 is 0 Å². The topological polar surface area (TPSA) is 32.5 Å². The molecule has 3 heteroatoms. The maximum atomic E-state index is 6.05. The molecule has 1 saturated heterocycles. The molecule has 3 nitrogen and oxygen atoms in total. The quantitative estimate of drug-likeness (QED) is 0.884. The summed E-state index contributed by atoms with van der Waals surface area (Å²) in [4.78, 5) is 4.83. The summed E-state index contributed by atoms with van der Waals surface area (Å²) in [6, 6.07) is 9.58. The Morgan fingerprint density at radius 3 is 2.58 bits per heavy atom. The number of nitrogens with two attached hydrogens (primary N) is 1. The monoisotopic (exact) mass is 261 g/mol. The number of benzene rings is 1. The molecular formula is C16H27N3. The molecule has 0 aliphatic carbocycles. The van der Waals surface area contributed by atoms with Gasteiger partial charge >= 0.3 is 0 Å². The summed E-state index contributed by atoms with van der Waals surface area (Å²) in [5.74, 6) is 0. The lowest BCUT2D eigenvalue weighted by Crippen LogP contribution is -2.36. The van der Waals surface area contributed by atoms with E-state index in [9.17, 15) is 0 Å². The molecular weight excluding hydrogens is 234 g/mol. The van der Waals surface area contributed by atoms with E-state index in [2.05, 4.69) is 55.1 Å². The lowest BCUT2D eigenvalue weighted by molar-refractivity contribution is 0.314. The molecule has 0 spiro atoms. The van der Waals surface area contributed by atoms with Gasteiger partial charge in [-0.15, -0.1) is 0 Å². The third kappa shape index (κ3) is 3.48. The molecule has 1 aromatic rings. The highest BCUT2D eigenvalue weighted by Crippen LogP contribution is 2.21. The van der Waals surface area contributed by atoms with Crippen LogP contribution in [0.1, 0.15) is 37.8 Å². The van der Waals surface area contributed by atoms with Gasteiger partial charge in [0.2, 0.25) is 0 Å². The number of likely N-dealkylation sites (N-methyl/N-ethyl adjacent to an activating group) is 2. The van der Waals surface area contributed by atoms with Crippen molar-refractivity contribution >= 4 is 5.69 Å². The highest BCUT2D eigenvalue weighted by Gasteiger charge is 2.22. The van der Waals surface area contributed by atoms with Crippen LogP contribution >= 0.6 is 0 Å². The molecule has 19 heavy (non-hydrogen) atoms. The van der Waals surface area contributed by atoms with Gasteiger partial charge in [-0.1, -0.05) is 19.1 Å². The Morgan fingerprint density at radius 2 is 2.05 bits per heavy atom. The SMILES string of the molecule is CC[C@H](N)c1ccc(N(C)CC2CCCN2C)cc1. The maximum Gasteiger partial charge on any atom is 0.0364 e. The summed E-state index contributed by atoms with van der Waals surface area (Å²) in [6.45, 7) is 4.47. The second-order valence-corrected chi connectivity index (χ2v) is 5.76. The van der Waals surface area contributed by atoms with Gasteiger partial charge < -0.3 is 15.5 Å². The van der Waals surface area contributed by atoms with Gasteiger partial charge in [-0.25, -0.2) is 0 Å². The predicted octanol–water partition coefficient (Wildman–Crippen LogP) is 2.63. The zero-order valence-corrected chi connectivity index (χ0v) is 12.5. The van der Waals surface area contributed by atoms with E-state index >= 15 is 0 Å². The zero-order valence-electron chi connectivity index (χ0n) is 12.5. The molecule has 0 amide bonds. The van der Waals surface area contributed by atoms with E-state index in [-0.39, 0.29) is 6.04 Å². The van der Waals surface area contributed by atoms with Gasteiger partial charge in [0.05, 0.1) is 0 Å². The van der Waals surface area contributed by atoms with E-state index in [1.165, 1.54) is 30.6 Å². The Hall–Kier alpha value is -1.06. The maximum absolute atomic E-state index is 6.05. The van der Waals surface area contributed by atoms with Crippen molar-refractivity contribution in [2.75, 3.05) is 32.1 Å². The highest BCUT2D eigenvalue weighted by molar-refractivity contribution is 5.47. The van der Waals surface area contributed by atoms with Crippen LogP contribution in [0, 0.1) is 0 Å². The molecule has 106 valence electrons. The fourth-order valence-corrected chi connectivity index (χ4v) is 2.84. The average Bonchev–Trinajstić information content (AvgIpc) is 2.83. The second-order valence-electron chi connectivity index (χ2n) is 5.76. The molecule has 0 radical (unpaired) electrons. The first-order chi connectivity index (χ1) is 9.11. The normalized spacial score (nSPS) is 21.6. The fraction of sp³-hybridized carbons (Fsp3) is 0.625.